The van der Waals surface area contributed by atoms with Crippen molar-refractivity contribution in [3.05, 3.63) is 0 Å². The zero-order valence-electron chi connectivity index (χ0n) is 6.44. The molecular formula is C7H15FN2. The van der Waals surface area contributed by atoms with E-state index in [9.17, 15) is 4.39 Å². The van der Waals surface area contributed by atoms with Crippen LogP contribution < -0.4 is 5.73 Å². The number of halogens is 1. The molecule has 10 heavy (non-hydrogen) atoms. The van der Waals surface area contributed by atoms with Gasteiger partial charge in [-0.1, -0.05) is 6.92 Å². The monoisotopic (exact) mass is 146 g/mol. The highest BCUT2D eigenvalue weighted by Gasteiger charge is 2.36. The van der Waals surface area contributed by atoms with Crippen LogP contribution in [0.3, 0.4) is 0 Å². The smallest absolute Gasteiger partial charge is 0.102 e. The van der Waals surface area contributed by atoms with E-state index >= 15 is 0 Å². The quantitative estimate of drug-likeness (QED) is 0.623. The highest BCUT2D eigenvalue weighted by Crippen LogP contribution is 2.20. The van der Waals surface area contributed by atoms with Crippen molar-refractivity contribution in [1.29, 1.82) is 0 Å². The highest BCUT2D eigenvalue weighted by molar-refractivity contribution is 4.98. The van der Waals surface area contributed by atoms with Gasteiger partial charge in [0.1, 0.15) is 6.67 Å². The van der Waals surface area contributed by atoms with Gasteiger partial charge < -0.3 is 5.73 Å². The number of nitrogens with two attached hydrogens (primary N) is 1. The van der Waals surface area contributed by atoms with E-state index in [1.54, 1.807) is 0 Å². The molecule has 0 radical (unpaired) electrons. The standard InChI is InChI=1S/C7H15FN2/c1-2-7(9)5-10(6-7)4-3-8/h2-6,9H2,1H3. The van der Waals surface area contributed by atoms with Crippen molar-refractivity contribution >= 4 is 0 Å². The summed E-state index contributed by atoms with van der Waals surface area (Å²) < 4.78 is 11.7. The molecule has 0 aromatic rings. The van der Waals surface area contributed by atoms with Gasteiger partial charge in [-0.3, -0.25) is 4.90 Å². The lowest BCUT2D eigenvalue weighted by atomic mass is 9.88. The van der Waals surface area contributed by atoms with Gasteiger partial charge in [-0.25, -0.2) is 4.39 Å². The molecule has 1 rings (SSSR count). The van der Waals surface area contributed by atoms with Crippen molar-refractivity contribution in [2.45, 2.75) is 18.9 Å². The molecule has 3 heteroatoms. The fourth-order valence-corrected chi connectivity index (χ4v) is 1.35. The predicted octanol–water partition coefficient (Wildman–Crippen LogP) is 0.379. The molecule has 0 aromatic heterocycles. The Kier molecular flexibility index (Phi) is 2.26. The fourth-order valence-electron chi connectivity index (χ4n) is 1.35. The van der Waals surface area contributed by atoms with Crippen molar-refractivity contribution in [3.63, 3.8) is 0 Å². The van der Waals surface area contributed by atoms with Gasteiger partial charge in [0, 0.05) is 25.2 Å². The first-order valence-electron chi connectivity index (χ1n) is 3.77. The summed E-state index contributed by atoms with van der Waals surface area (Å²) in [7, 11) is 0. The van der Waals surface area contributed by atoms with Gasteiger partial charge in [-0.15, -0.1) is 0 Å². The summed E-state index contributed by atoms with van der Waals surface area (Å²) in [4.78, 5) is 2.05. The first-order chi connectivity index (χ1) is 4.70. The molecule has 0 atom stereocenters. The van der Waals surface area contributed by atoms with E-state index in [1.165, 1.54) is 0 Å². The largest absolute Gasteiger partial charge is 0.323 e. The second-order valence-corrected chi connectivity index (χ2v) is 3.12. The number of rotatable bonds is 3. The summed E-state index contributed by atoms with van der Waals surface area (Å²) >= 11 is 0. The summed E-state index contributed by atoms with van der Waals surface area (Å²) in [5, 5.41) is 0. The summed E-state index contributed by atoms with van der Waals surface area (Å²) in [5.74, 6) is 0. The maximum atomic E-state index is 11.7. The number of hydrogen-bond acceptors (Lipinski definition) is 2. The lowest BCUT2D eigenvalue weighted by molar-refractivity contribution is 0.0623. The number of hydrogen-bond donors (Lipinski definition) is 1. The minimum atomic E-state index is -0.250. The topological polar surface area (TPSA) is 29.3 Å². The molecule has 0 amide bonds. The first kappa shape index (κ1) is 7.95. The zero-order valence-corrected chi connectivity index (χ0v) is 6.44. The SMILES string of the molecule is CCC1(N)CN(CCF)C1. The van der Waals surface area contributed by atoms with Crippen molar-refractivity contribution in [2.24, 2.45) is 5.73 Å². The molecular weight excluding hydrogens is 131 g/mol. The number of nitrogens with zero attached hydrogens (tertiary/aromatic N) is 1. The molecule has 1 heterocycles. The van der Waals surface area contributed by atoms with Crippen molar-refractivity contribution < 1.29 is 4.39 Å². The molecule has 0 saturated carbocycles. The maximum Gasteiger partial charge on any atom is 0.102 e. The van der Waals surface area contributed by atoms with Crippen LogP contribution >= 0.6 is 0 Å². The van der Waals surface area contributed by atoms with Crippen LogP contribution in [-0.4, -0.2) is 36.7 Å². The average Bonchev–Trinajstić information content (AvgIpc) is 1.85. The first-order valence-corrected chi connectivity index (χ1v) is 3.77. The van der Waals surface area contributed by atoms with Crippen LogP contribution in [0.5, 0.6) is 0 Å². The van der Waals surface area contributed by atoms with Gasteiger partial charge in [-0.05, 0) is 6.42 Å². The number of likely N-dealkylation sites (tertiary alicyclic amines) is 1. The normalized spacial score (nSPS) is 24.3. The molecule has 2 N–H and O–H groups in total. The van der Waals surface area contributed by atoms with E-state index in [0.717, 1.165) is 19.5 Å². The zero-order chi connectivity index (χ0) is 7.61. The van der Waals surface area contributed by atoms with Crippen LogP contribution in [0.15, 0.2) is 0 Å². The second kappa shape index (κ2) is 2.84. The van der Waals surface area contributed by atoms with Gasteiger partial charge in [0.05, 0.1) is 0 Å². The third kappa shape index (κ3) is 1.47. The Morgan fingerprint density at radius 2 is 2.20 bits per heavy atom. The molecule has 60 valence electrons. The lowest BCUT2D eigenvalue weighted by Crippen LogP contribution is -2.67. The van der Waals surface area contributed by atoms with Crippen LogP contribution in [0.4, 0.5) is 4.39 Å². The number of alkyl halides is 1. The summed E-state index contributed by atoms with van der Waals surface area (Å²) in [6, 6.07) is 0. The molecule has 2 nitrogen and oxygen atoms in total. The molecule has 0 unspecified atom stereocenters. The van der Waals surface area contributed by atoms with Gasteiger partial charge >= 0.3 is 0 Å². The summed E-state index contributed by atoms with van der Waals surface area (Å²) in [6.45, 7) is 4.12. The third-order valence-corrected chi connectivity index (χ3v) is 2.18. The van der Waals surface area contributed by atoms with E-state index in [-0.39, 0.29) is 12.2 Å². The average molecular weight is 146 g/mol. The van der Waals surface area contributed by atoms with Gasteiger partial charge in [0.25, 0.3) is 0 Å². The highest BCUT2D eigenvalue weighted by atomic mass is 19.1. The molecule has 1 aliphatic rings. The Hall–Kier alpha value is -0.150. The molecule has 0 spiro atoms. The Bertz CT molecular complexity index is 110. The molecule has 0 aliphatic carbocycles. The van der Waals surface area contributed by atoms with Crippen LogP contribution in [0.2, 0.25) is 0 Å². The van der Waals surface area contributed by atoms with Crippen LogP contribution in [-0.2, 0) is 0 Å². The van der Waals surface area contributed by atoms with E-state index < -0.39 is 0 Å². The van der Waals surface area contributed by atoms with E-state index in [2.05, 4.69) is 6.92 Å². The summed E-state index contributed by atoms with van der Waals surface area (Å²) in [6.07, 6.45) is 0.996. The second-order valence-electron chi connectivity index (χ2n) is 3.12. The van der Waals surface area contributed by atoms with Gasteiger partial charge in [-0.2, -0.15) is 0 Å². The van der Waals surface area contributed by atoms with Crippen molar-refractivity contribution in [3.8, 4) is 0 Å². The van der Waals surface area contributed by atoms with Gasteiger partial charge in [0.15, 0.2) is 0 Å². The van der Waals surface area contributed by atoms with Crippen molar-refractivity contribution in [2.75, 3.05) is 26.3 Å². The van der Waals surface area contributed by atoms with Crippen LogP contribution in [0.25, 0.3) is 0 Å². The van der Waals surface area contributed by atoms with Crippen molar-refractivity contribution in [1.82, 2.24) is 4.90 Å². The van der Waals surface area contributed by atoms with E-state index in [4.69, 9.17) is 5.73 Å². The lowest BCUT2D eigenvalue weighted by Gasteiger charge is -2.47. The molecule has 1 aliphatic heterocycles. The molecule has 0 bridgehead atoms. The van der Waals surface area contributed by atoms with E-state index in [0.29, 0.717) is 6.54 Å². The predicted molar refractivity (Wildman–Crippen MR) is 39.6 cm³/mol. The molecule has 1 fully saturated rings. The Balaban J connectivity index is 2.16. The van der Waals surface area contributed by atoms with Crippen LogP contribution in [0.1, 0.15) is 13.3 Å². The molecule has 1 saturated heterocycles. The maximum absolute atomic E-state index is 11.7. The minimum absolute atomic E-state index is 0.00479. The Morgan fingerprint density at radius 1 is 1.60 bits per heavy atom. The molecule has 0 aromatic carbocycles. The fraction of sp³-hybridized carbons (Fsp3) is 1.00. The van der Waals surface area contributed by atoms with Gasteiger partial charge in [0.2, 0.25) is 0 Å². The summed E-state index contributed by atoms with van der Waals surface area (Å²) in [5.41, 5.74) is 5.85. The third-order valence-electron chi connectivity index (χ3n) is 2.18. The Labute approximate surface area is 61.2 Å². The van der Waals surface area contributed by atoms with Crippen LogP contribution in [0, 0.1) is 0 Å². The Morgan fingerprint density at radius 3 is 2.60 bits per heavy atom. The minimum Gasteiger partial charge on any atom is -0.323 e. The van der Waals surface area contributed by atoms with E-state index in [1.807, 2.05) is 4.90 Å².